The van der Waals surface area contributed by atoms with Gasteiger partial charge in [-0.15, -0.1) is 0 Å². The number of para-hydroxylation sites is 2. The Morgan fingerprint density at radius 1 is 0.338 bits per heavy atom. The van der Waals surface area contributed by atoms with Gasteiger partial charge in [0.15, 0.2) is 5.82 Å². The molecule has 1 aliphatic carbocycles. The number of fused-ring (bicyclic) bond motifs is 6. The molecule has 3 heteroatoms. The van der Waals surface area contributed by atoms with E-state index in [0.29, 0.717) is 5.82 Å². The highest BCUT2D eigenvalue weighted by atomic mass is 15.0. The van der Waals surface area contributed by atoms with Crippen molar-refractivity contribution in [2.45, 2.75) is 5.41 Å². The summed E-state index contributed by atoms with van der Waals surface area (Å²) in [6.45, 7) is 0. The Labute approximate surface area is 395 Å². The summed E-state index contributed by atoms with van der Waals surface area (Å²) in [6, 6.07) is 90.6. The summed E-state index contributed by atoms with van der Waals surface area (Å²) < 4.78 is 2.54. The number of hydrogen-bond donors (Lipinski definition) is 0. The van der Waals surface area contributed by atoms with Gasteiger partial charge in [0.1, 0.15) is 0 Å². The van der Waals surface area contributed by atoms with Gasteiger partial charge in [-0.1, -0.05) is 231 Å². The summed E-state index contributed by atoms with van der Waals surface area (Å²) in [5, 5.41) is 2.55. The van der Waals surface area contributed by atoms with Crippen LogP contribution in [-0.4, -0.2) is 14.5 Å². The molecule has 0 spiro atoms. The summed E-state index contributed by atoms with van der Waals surface area (Å²) >= 11 is 0. The first kappa shape index (κ1) is 38.4. The molecule has 10 aromatic carbocycles. The van der Waals surface area contributed by atoms with Gasteiger partial charge in [0.25, 0.3) is 0 Å². The van der Waals surface area contributed by atoms with Gasteiger partial charge < -0.3 is 4.57 Å². The van der Waals surface area contributed by atoms with E-state index in [9.17, 15) is 0 Å². The monoisotopic (exact) mass is 863 g/mol. The van der Waals surface area contributed by atoms with Crippen LogP contribution in [0.1, 0.15) is 22.3 Å². The summed E-state index contributed by atoms with van der Waals surface area (Å²) in [4.78, 5) is 10.2. The second-order valence-electron chi connectivity index (χ2n) is 18.0. The highest BCUT2D eigenvalue weighted by Gasteiger charge is 2.50. The average molecular weight is 864 g/mol. The summed E-state index contributed by atoms with van der Waals surface area (Å²) in [5.41, 5.74) is 23.0. The van der Waals surface area contributed by atoms with E-state index in [-0.39, 0.29) is 0 Å². The van der Waals surface area contributed by atoms with Gasteiger partial charge in [0, 0.05) is 38.6 Å². The molecule has 12 aromatic rings. The van der Waals surface area contributed by atoms with E-state index in [1.807, 2.05) is 12.1 Å². The molecule has 0 atom stereocenters. The maximum atomic E-state index is 5.09. The molecule has 316 valence electrons. The second kappa shape index (κ2) is 15.1. The topological polar surface area (TPSA) is 30.7 Å². The van der Waals surface area contributed by atoms with Crippen molar-refractivity contribution >= 4 is 21.8 Å². The predicted octanol–water partition coefficient (Wildman–Crippen LogP) is 16.3. The first-order valence-corrected chi connectivity index (χ1v) is 23.4. The third kappa shape index (κ3) is 5.60. The van der Waals surface area contributed by atoms with Crippen LogP contribution in [0.3, 0.4) is 0 Å². The molecule has 0 unspecified atom stereocenters. The van der Waals surface area contributed by atoms with Crippen LogP contribution in [0.4, 0.5) is 0 Å². The standard InChI is InChI=1S/C65H41N3/c1-5-17-45(18-6-1)56-41-57(46-19-7-2-8-20-46)67-64(66-56)47-35-31-43(32-36-47)42-29-33-44(34-30-42)50-37-38-53-51-25-13-15-27-58(51)68-59-28-16-14-26-52(59)54-39-40-55-61(63(54)68)60(53)62(50)65(55,48-21-9-3-10-22-48)49-23-11-4-12-24-49/h1-41H. The van der Waals surface area contributed by atoms with E-state index in [0.717, 1.165) is 39.2 Å². The van der Waals surface area contributed by atoms with Crippen LogP contribution in [0, 0.1) is 0 Å². The lowest BCUT2D eigenvalue weighted by Crippen LogP contribution is -2.29. The largest absolute Gasteiger partial charge is 0.308 e. The molecule has 2 aliphatic rings. The second-order valence-corrected chi connectivity index (χ2v) is 18.0. The zero-order valence-electron chi connectivity index (χ0n) is 37.0. The molecule has 3 heterocycles. The lowest BCUT2D eigenvalue weighted by molar-refractivity contribution is 0.771. The zero-order valence-corrected chi connectivity index (χ0v) is 37.0. The van der Waals surface area contributed by atoms with Gasteiger partial charge in [-0.05, 0) is 73.8 Å². The molecule has 0 N–H and O–H groups in total. The van der Waals surface area contributed by atoms with E-state index in [1.54, 1.807) is 0 Å². The molecule has 68 heavy (non-hydrogen) atoms. The highest BCUT2D eigenvalue weighted by molar-refractivity contribution is 6.20. The van der Waals surface area contributed by atoms with Crippen LogP contribution >= 0.6 is 0 Å². The maximum Gasteiger partial charge on any atom is 0.160 e. The van der Waals surface area contributed by atoms with Crippen molar-refractivity contribution in [3.8, 4) is 84.1 Å². The molecule has 0 amide bonds. The Hall–Kier alpha value is -8.92. The minimum atomic E-state index is -0.602. The normalized spacial score (nSPS) is 12.8. The van der Waals surface area contributed by atoms with Gasteiger partial charge in [0.2, 0.25) is 0 Å². The molecule has 0 fully saturated rings. The van der Waals surface area contributed by atoms with Crippen molar-refractivity contribution in [2.75, 3.05) is 0 Å². The van der Waals surface area contributed by atoms with Crippen LogP contribution in [0.15, 0.2) is 249 Å². The van der Waals surface area contributed by atoms with Crippen molar-refractivity contribution in [2.24, 2.45) is 0 Å². The quantitative estimate of drug-likeness (QED) is 0.160. The number of nitrogens with zero attached hydrogens (tertiary/aromatic N) is 3. The van der Waals surface area contributed by atoms with E-state index in [2.05, 4.69) is 241 Å². The number of benzene rings is 10. The third-order valence-corrected chi connectivity index (χ3v) is 14.5. The third-order valence-electron chi connectivity index (χ3n) is 14.5. The summed E-state index contributed by atoms with van der Waals surface area (Å²) in [7, 11) is 0. The first-order valence-electron chi connectivity index (χ1n) is 23.4. The molecule has 3 nitrogen and oxygen atoms in total. The lowest BCUT2D eigenvalue weighted by Gasteiger charge is -2.35. The Morgan fingerprint density at radius 3 is 1.49 bits per heavy atom. The van der Waals surface area contributed by atoms with Gasteiger partial charge in [0.05, 0.1) is 33.5 Å². The van der Waals surface area contributed by atoms with Crippen LogP contribution in [0.25, 0.3) is 106 Å². The zero-order chi connectivity index (χ0) is 44.8. The minimum absolute atomic E-state index is 0.602. The van der Waals surface area contributed by atoms with E-state index in [1.165, 1.54) is 83.1 Å². The smallest absolute Gasteiger partial charge is 0.160 e. The fraction of sp³-hybridized carbons (Fsp3) is 0.0154. The van der Waals surface area contributed by atoms with Gasteiger partial charge in [-0.3, -0.25) is 0 Å². The van der Waals surface area contributed by atoms with E-state index >= 15 is 0 Å². The van der Waals surface area contributed by atoms with Crippen molar-refractivity contribution < 1.29 is 0 Å². The summed E-state index contributed by atoms with van der Waals surface area (Å²) in [6.07, 6.45) is 0. The van der Waals surface area contributed by atoms with Gasteiger partial charge in [-0.2, -0.15) is 0 Å². The summed E-state index contributed by atoms with van der Waals surface area (Å²) in [5.74, 6) is 0.704. The average Bonchev–Trinajstić information content (AvgIpc) is 3.89. The van der Waals surface area contributed by atoms with Gasteiger partial charge in [-0.25, -0.2) is 9.97 Å². The van der Waals surface area contributed by atoms with Gasteiger partial charge >= 0.3 is 0 Å². The minimum Gasteiger partial charge on any atom is -0.308 e. The molecule has 1 aliphatic heterocycles. The first-order chi connectivity index (χ1) is 33.7. The number of rotatable bonds is 7. The van der Waals surface area contributed by atoms with E-state index < -0.39 is 5.41 Å². The Morgan fingerprint density at radius 2 is 0.853 bits per heavy atom. The molecular formula is C65H41N3. The predicted molar refractivity (Wildman–Crippen MR) is 280 cm³/mol. The van der Waals surface area contributed by atoms with Crippen LogP contribution < -0.4 is 0 Å². The molecule has 2 aromatic heterocycles. The van der Waals surface area contributed by atoms with Crippen molar-refractivity contribution in [3.05, 3.63) is 271 Å². The molecule has 0 bridgehead atoms. The fourth-order valence-corrected chi connectivity index (χ4v) is 11.5. The maximum absolute atomic E-state index is 5.09. The molecule has 0 saturated carbocycles. The Bertz CT molecular complexity index is 3810. The van der Waals surface area contributed by atoms with Crippen LogP contribution in [-0.2, 0) is 5.41 Å². The Balaban J connectivity index is 0.949. The number of aromatic nitrogens is 3. The lowest BCUT2D eigenvalue weighted by atomic mass is 9.65. The van der Waals surface area contributed by atoms with Crippen LogP contribution in [0.2, 0.25) is 0 Å². The molecule has 0 saturated heterocycles. The number of hydrogen-bond acceptors (Lipinski definition) is 2. The van der Waals surface area contributed by atoms with Crippen molar-refractivity contribution in [1.82, 2.24) is 14.5 Å². The van der Waals surface area contributed by atoms with E-state index in [4.69, 9.17) is 9.97 Å². The SMILES string of the molecule is c1ccc(-c2cc(-c3ccccc3)nc(-c3ccc(-c4ccc(-c5ccc6c7c5C(c5ccccc5)(c5ccccc5)c5ccc8c9ccccc9n(c8c5-7)-c5ccccc5-6)cc4)cc3)n2)cc1. The van der Waals surface area contributed by atoms with Crippen molar-refractivity contribution in [3.63, 3.8) is 0 Å². The van der Waals surface area contributed by atoms with Crippen LogP contribution in [0.5, 0.6) is 0 Å². The molecule has 0 radical (unpaired) electrons. The highest BCUT2D eigenvalue weighted by Crippen LogP contribution is 2.64. The van der Waals surface area contributed by atoms with Crippen molar-refractivity contribution in [1.29, 1.82) is 0 Å². The Kier molecular flexibility index (Phi) is 8.50. The molecular weight excluding hydrogens is 823 g/mol. The molecule has 14 rings (SSSR count). The fourth-order valence-electron chi connectivity index (χ4n) is 11.5.